The molecule has 0 aliphatic rings. The lowest BCUT2D eigenvalue weighted by atomic mass is 9.93. The molecule has 41 heavy (non-hydrogen) atoms. The van der Waals surface area contributed by atoms with Gasteiger partial charge in [0.25, 0.3) is 5.91 Å². The number of nitrogens with one attached hydrogen (secondary N) is 3. The maximum absolute atomic E-state index is 14.9. The number of rotatable bonds is 12. The van der Waals surface area contributed by atoms with E-state index < -0.39 is 52.8 Å². The van der Waals surface area contributed by atoms with Crippen LogP contribution in [-0.4, -0.2) is 48.1 Å². The van der Waals surface area contributed by atoms with E-state index in [1.54, 1.807) is 69.3 Å². The van der Waals surface area contributed by atoms with Crippen molar-refractivity contribution in [3.05, 3.63) is 75.8 Å². The molecule has 0 unspecified atom stereocenters. The van der Waals surface area contributed by atoms with E-state index in [4.69, 9.17) is 23.2 Å². The van der Waals surface area contributed by atoms with Crippen molar-refractivity contribution in [1.29, 1.82) is 0 Å². The molecule has 3 amide bonds. The normalized spacial score (nSPS) is 13.5. The SMILES string of the molecule is CC(C)[C@H](NC(=O)[C@H](Cc1ccccc1)NC(=O)/C=C/c1ccc(Cl)c(Cl)c1)C(=O)C(F)(F)C(=O)NCC(C)(C)C. The molecule has 7 nitrogen and oxygen atoms in total. The third-order valence-corrected chi connectivity index (χ3v) is 6.65. The number of Topliss-reactive ketones (excluding diaryl/α,β-unsaturated/α-hetero) is 1. The van der Waals surface area contributed by atoms with Crippen LogP contribution in [0.4, 0.5) is 8.78 Å². The van der Waals surface area contributed by atoms with Crippen LogP contribution >= 0.6 is 23.2 Å². The van der Waals surface area contributed by atoms with E-state index in [1.165, 1.54) is 26.0 Å². The molecule has 0 aromatic heterocycles. The topological polar surface area (TPSA) is 104 Å². The molecule has 222 valence electrons. The minimum Gasteiger partial charge on any atom is -0.350 e. The molecular formula is C30H35Cl2F2N3O4. The zero-order chi connectivity index (χ0) is 31.0. The standard InChI is InChI=1S/C30H35Cl2F2N3O4/c1-18(2)25(26(39)30(33,34)28(41)35-17-29(3,4)5)37-27(40)23(16-19-9-7-6-8-10-19)36-24(38)14-12-20-11-13-21(31)22(32)15-20/h6-15,18,23,25H,16-17H2,1-5H3,(H,35,41)(H,36,38)(H,37,40)/b14-12+/t23-,25-/m0/s1. The second kappa shape index (κ2) is 14.5. The number of alkyl halides is 2. The van der Waals surface area contributed by atoms with Crippen molar-refractivity contribution in [2.45, 2.75) is 59.0 Å². The molecule has 11 heteroatoms. The van der Waals surface area contributed by atoms with E-state index >= 15 is 0 Å². The largest absolute Gasteiger partial charge is 0.383 e. The van der Waals surface area contributed by atoms with Gasteiger partial charge >= 0.3 is 5.92 Å². The summed E-state index contributed by atoms with van der Waals surface area (Å²) >= 11 is 11.9. The van der Waals surface area contributed by atoms with Gasteiger partial charge in [0.2, 0.25) is 17.6 Å². The molecule has 0 spiro atoms. The lowest BCUT2D eigenvalue weighted by Crippen LogP contribution is -2.59. The molecule has 0 heterocycles. The Hall–Kier alpha value is -3.30. The minimum absolute atomic E-state index is 0.0144. The van der Waals surface area contributed by atoms with Crippen LogP contribution in [0.15, 0.2) is 54.6 Å². The fraction of sp³-hybridized carbons (Fsp3) is 0.400. The van der Waals surface area contributed by atoms with E-state index in [0.717, 1.165) is 0 Å². The number of halogens is 4. The summed E-state index contributed by atoms with van der Waals surface area (Å²) < 4.78 is 29.8. The van der Waals surface area contributed by atoms with Crippen LogP contribution in [0.1, 0.15) is 45.7 Å². The molecule has 0 fully saturated rings. The lowest BCUT2D eigenvalue weighted by molar-refractivity contribution is -0.161. The van der Waals surface area contributed by atoms with Crippen LogP contribution in [0.5, 0.6) is 0 Å². The minimum atomic E-state index is -4.38. The van der Waals surface area contributed by atoms with Gasteiger partial charge in [0.15, 0.2) is 0 Å². The first-order chi connectivity index (χ1) is 19.0. The maximum atomic E-state index is 14.9. The molecule has 0 bridgehead atoms. The number of hydrogen-bond acceptors (Lipinski definition) is 4. The van der Waals surface area contributed by atoms with Gasteiger partial charge in [-0.2, -0.15) is 8.78 Å². The van der Waals surface area contributed by atoms with Crippen LogP contribution in [0.25, 0.3) is 6.08 Å². The molecule has 2 rings (SSSR count). The fourth-order valence-electron chi connectivity index (χ4n) is 3.62. The highest BCUT2D eigenvalue weighted by atomic mass is 35.5. The van der Waals surface area contributed by atoms with Crippen LogP contribution < -0.4 is 16.0 Å². The van der Waals surface area contributed by atoms with Gasteiger partial charge in [-0.3, -0.25) is 19.2 Å². The highest BCUT2D eigenvalue weighted by Gasteiger charge is 2.51. The number of amides is 3. The molecule has 0 aliphatic carbocycles. The highest BCUT2D eigenvalue weighted by molar-refractivity contribution is 6.42. The molecular weight excluding hydrogens is 575 g/mol. The van der Waals surface area contributed by atoms with Crippen molar-refractivity contribution in [3.63, 3.8) is 0 Å². The third kappa shape index (κ3) is 10.6. The van der Waals surface area contributed by atoms with E-state index in [1.807, 2.05) is 0 Å². The van der Waals surface area contributed by atoms with E-state index in [0.29, 0.717) is 21.2 Å². The lowest BCUT2D eigenvalue weighted by Gasteiger charge is -2.28. The zero-order valence-corrected chi connectivity index (χ0v) is 25.1. The smallest absolute Gasteiger partial charge is 0.350 e. The number of benzene rings is 2. The molecule has 3 N–H and O–H groups in total. The Morgan fingerprint density at radius 1 is 0.927 bits per heavy atom. The Morgan fingerprint density at radius 2 is 1.56 bits per heavy atom. The Labute approximate surface area is 249 Å². The van der Waals surface area contributed by atoms with Crippen molar-refractivity contribution < 1.29 is 28.0 Å². The van der Waals surface area contributed by atoms with Crippen molar-refractivity contribution >= 4 is 52.8 Å². The fourth-order valence-corrected chi connectivity index (χ4v) is 3.93. The first-order valence-electron chi connectivity index (χ1n) is 13.0. The van der Waals surface area contributed by atoms with Crippen molar-refractivity contribution in [2.24, 2.45) is 11.3 Å². The number of carbonyl (C=O) groups excluding carboxylic acids is 4. The first kappa shape index (κ1) is 33.9. The van der Waals surface area contributed by atoms with Gasteiger partial charge in [0, 0.05) is 19.0 Å². The van der Waals surface area contributed by atoms with Crippen LogP contribution in [-0.2, 0) is 25.6 Å². The van der Waals surface area contributed by atoms with E-state index in [9.17, 15) is 28.0 Å². The second-order valence-electron chi connectivity index (χ2n) is 11.2. The summed E-state index contributed by atoms with van der Waals surface area (Å²) in [6, 6.07) is 10.6. The molecule has 2 aromatic rings. The molecule has 0 saturated carbocycles. The second-order valence-corrected chi connectivity index (χ2v) is 12.0. The Balaban J connectivity index is 2.25. The summed E-state index contributed by atoms with van der Waals surface area (Å²) in [5.74, 6) is -10.1. The van der Waals surface area contributed by atoms with Crippen molar-refractivity contribution in [2.75, 3.05) is 6.54 Å². The molecule has 0 saturated heterocycles. The Kier molecular flexibility index (Phi) is 12.0. The summed E-state index contributed by atoms with van der Waals surface area (Å²) in [4.78, 5) is 51.2. The quantitative estimate of drug-likeness (QED) is 0.226. The number of hydrogen-bond donors (Lipinski definition) is 3. The monoisotopic (exact) mass is 609 g/mol. The number of ketones is 1. The highest BCUT2D eigenvalue weighted by Crippen LogP contribution is 2.24. The summed E-state index contributed by atoms with van der Waals surface area (Å²) in [7, 11) is 0. The van der Waals surface area contributed by atoms with Crippen LogP contribution in [0.3, 0.4) is 0 Å². The van der Waals surface area contributed by atoms with Gasteiger partial charge in [0.05, 0.1) is 16.1 Å². The van der Waals surface area contributed by atoms with Gasteiger partial charge in [-0.1, -0.05) is 94.2 Å². The van der Waals surface area contributed by atoms with Gasteiger partial charge in [-0.15, -0.1) is 0 Å². The van der Waals surface area contributed by atoms with Gasteiger partial charge in [-0.05, 0) is 40.7 Å². The summed E-state index contributed by atoms with van der Waals surface area (Å²) in [5.41, 5.74) is 0.772. The van der Waals surface area contributed by atoms with Crippen molar-refractivity contribution in [1.82, 2.24) is 16.0 Å². The Morgan fingerprint density at radius 3 is 2.12 bits per heavy atom. The van der Waals surface area contributed by atoms with E-state index in [2.05, 4.69) is 16.0 Å². The zero-order valence-electron chi connectivity index (χ0n) is 23.6. The summed E-state index contributed by atoms with van der Waals surface area (Å²) in [6.07, 6.45) is 2.66. The molecule has 2 atom stereocenters. The maximum Gasteiger partial charge on any atom is 0.383 e. The summed E-state index contributed by atoms with van der Waals surface area (Å²) in [6.45, 7) is 8.09. The predicted octanol–water partition coefficient (Wildman–Crippen LogP) is 5.24. The number of carbonyl (C=O) groups is 4. The van der Waals surface area contributed by atoms with Gasteiger partial charge < -0.3 is 16.0 Å². The Bertz CT molecular complexity index is 1280. The average molecular weight is 611 g/mol. The summed E-state index contributed by atoms with van der Waals surface area (Å²) in [5, 5.41) is 7.66. The average Bonchev–Trinajstić information content (AvgIpc) is 2.90. The predicted molar refractivity (Wildman–Crippen MR) is 157 cm³/mol. The van der Waals surface area contributed by atoms with E-state index in [-0.39, 0.29) is 13.0 Å². The van der Waals surface area contributed by atoms with Crippen LogP contribution in [0.2, 0.25) is 10.0 Å². The van der Waals surface area contributed by atoms with Gasteiger partial charge in [0.1, 0.15) is 6.04 Å². The third-order valence-electron chi connectivity index (χ3n) is 5.91. The van der Waals surface area contributed by atoms with Crippen LogP contribution in [0, 0.1) is 11.3 Å². The first-order valence-corrected chi connectivity index (χ1v) is 13.7. The molecule has 0 radical (unpaired) electrons. The van der Waals surface area contributed by atoms with Crippen molar-refractivity contribution in [3.8, 4) is 0 Å². The molecule has 2 aromatic carbocycles. The van der Waals surface area contributed by atoms with Gasteiger partial charge in [-0.25, -0.2) is 0 Å². The molecule has 0 aliphatic heterocycles.